The van der Waals surface area contributed by atoms with Gasteiger partial charge < -0.3 is 15.8 Å². The third-order valence-corrected chi connectivity index (χ3v) is 5.35. The third-order valence-electron chi connectivity index (χ3n) is 5.35. The quantitative estimate of drug-likeness (QED) is 0.823. The zero-order valence-electron chi connectivity index (χ0n) is 11.5. The number of nitrogens with two attached hydrogens (primary N) is 1. The molecule has 20 heavy (non-hydrogen) atoms. The summed E-state index contributed by atoms with van der Waals surface area (Å²) in [5.74, 6) is 3.58. The zero-order valence-corrected chi connectivity index (χ0v) is 11.5. The lowest BCUT2D eigenvalue weighted by molar-refractivity contribution is 0.0601. The number of aromatic nitrogens is 1. The van der Waals surface area contributed by atoms with Crippen molar-refractivity contribution >= 4 is 17.5 Å². The fourth-order valence-electron chi connectivity index (χ4n) is 4.54. The van der Waals surface area contributed by atoms with Gasteiger partial charge in [0.1, 0.15) is 11.4 Å². The number of methoxy groups -OCH3 is 1. The number of hydrogen-bond donors (Lipinski definition) is 2. The van der Waals surface area contributed by atoms with Crippen LogP contribution in [0.15, 0.2) is 12.3 Å². The molecule has 5 heteroatoms. The zero-order chi connectivity index (χ0) is 13.9. The number of carbonyl (C=O) groups is 1. The smallest absolute Gasteiger partial charge is 0.341 e. The molecule has 0 spiro atoms. The summed E-state index contributed by atoms with van der Waals surface area (Å²) in [5, 5.41) is 3.46. The minimum absolute atomic E-state index is 0.388. The Bertz CT molecular complexity index is 558. The molecule has 1 aromatic heterocycles. The van der Waals surface area contributed by atoms with E-state index in [4.69, 9.17) is 10.5 Å². The van der Waals surface area contributed by atoms with Gasteiger partial charge in [-0.1, -0.05) is 0 Å². The van der Waals surface area contributed by atoms with E-state index < -0.39 is 0 Å². The van der Waals surface area contributed by atoms with Crippen LogP contribution in [0.3, 0.4) is 0 Å². The maximum absolute atomic E-state index is 11.8. The number of nitrogen functional groups attached to an aromatic ring is 1. The molecule has 3 N–H and O–H groups in total. The van der Waals surface area contributed by atoms with E-state index in [-0.39, 0.29) is 5.97 Å². The number of nitrogens with zero attached hydrogens (tertiary/aromatic N) is 1. The van der Waals surface area contributed by atoms with Crippen LogP contribution in [-0.4, -0.2) is 24.1 Å². The molecule has 1 heterocycles. The van der Waals surface area contributed by atoms with Gasteiger partial charge in [-0.3, -0.25) is 0 Å². The van der Waals surface area contributed by atoms with E-state index in [9.17, 15) is 4.79 Å². The molecular formula is C15H19N3O2. The summed E-state index contributed by atoms with van der Waals surface area (Å²) in [5.41, 5.74) is 6.63. The Hall–Kier alpha value is -1.78. The van der Waals surface area contributed by atoms with E-state index in [1.54, 1.807) is 12.3 Å². The Morgan fingerprint density at radius 2 is 2.10 bits per heavy atom. The number of rotatable bonds is 3. The molecular weight excluding hydrogens is 254 g/mol. The van der Waals surface area contributed by atoms with Gasteiger partial charge >= 0.3 is 5.97 Å². The molecule has 106 valence electrons. The highest BCUT2D eigenvalue weighted by molar-refractivity contribution is 5.95. The summed E-state index contributed by atoms with van der Waals surface area (Å²) < 4.78 is 4.81. The molecule has 4 unspecified atom stereocenters. The maximum atomic E-state index is 11.8. The molecule has 0 amide bonds. The first-order chi connectivity index (χ1) is 9.69. The van der Waals surface area contributed by atoms with Gasteiger partial charge in [0.25, 0.3) is 0 Å². The van der Waals surface area contributed by atoms with Gasteiger partial charge in [0.15, 0.2) is 0 Å². The van der Waals surface area contributed by atoms with Crippen LogP contribution in [0, 0.1) is 23.7 Å². The van der Waals surface area contributed by atoms with E-state index in [1.165, 1.54) is 26.4 Å². The highest BCUT2D eigenvalue weighted by Crippen LogP contribution is 2.66. The summed E-state index contributed by atoms with van der Waals surface area (Å²) in [6.45, 7) is 0. The molecule has 3 saturated carbocycles. The average Bonchev–Trinajstić information content (AvgIpc) is 2.84. The minimum Gasteiger partial charge on any atom is -0.465 e. The van der Waals surface area contributed by atoms with Crippen LogP contribution in [0.2, 0.25) is 0 Å². The summed E-state index contributed by atoms with van der Waals surface area (Å²) >= 11 is 0. The van der Waals surface area contributed by atoms with Crippen molar-refractivity contribution in [1.29, 1.82) is 0 Å². The number of esters is 1. The highest BCUT2D eigenvalue weighted by Gasteiger charge is 2.65. The van der Waals surface area contributed by atoms with Crippen molar-refractivity contribution in [2.24, 2.45) is 23.7 Å². The second-order valence-electron chi connectivity index (χ2n) is 6.31. The SMILES string of the molecule is COC(=O)c1cc(N)cnc1NC1C2C3CCC(C3)C12. The van der Waals surface area contributed by atoms with Crippen LogP contribution in [0.1, 0.15) is 29.6 Å². The van der Waals surface area contributed by atoms with Gasteiger partial charge in [0, 0.05) is 6.04 Å². The van der Waals surface area contributed by atoms with Crippen LogP contribution in [0.25, 0.3) is 0 Å². The second-order valence-corrected chi connectivity index (χ2v) is 6.31. The third kappa shape index (κ3) is 1.62. The number of carbonyl (C=O) groups excluding carboxylic acids is 1. The molecule has 0 radical (unpaired) electrons. The normalized spacial score (nSPS) is 36.5. The van der Waals surface area contributed by atoms with Crippen molar-refractivity contribution in [1.82, 2.24) is 4.98 Å². The first-order valence-electron chi connectivity index (χ1n) is 7.29. The summed E-state index contributed by atoms with van der Waals surface area (Å²) in [6, 6.07) is 2.12. The standard InChI is InChI=1S/C15H19N3O2/c1-20-15(19)10-5-9(16)6-17-14(10)18-13-11-7-2-3-8(4-7)12(11)13/h5-8,11-13H,2-4,16H2,1H3,(H,17,18). The summed E-state index contributed by atoms with van der Waals surface area (Å²) in [7, 11) is 1.38. The lowest BCUT2D eigenvalue weighted by Crippen LogP contribution is -2.17. The van der Waals surface area contributed by atoms with Crippen molar-refractivity contribution < 1.29 is 9.53 Å². The van der Waals surface area contributed by atoms with Gasteiger partial charge in [-0.25, -0.2) is 9.78 Å². The van der Waals surface area contributed by atoms with Gasteiger partial charge in [-0.15, -0.1) is 0 Å². The topological polar surface area (TPSA) is 77.2 Å². The molecule has 4 rings (SSSR count). The number of ether oxygens (including phenoxy) is 1. The number of hydrogen-bond acceptors (Lipinski definition) is 5. The predicted molar refractivity (Wildman–Crippen MR) is 75.2 cm³/mol. The van der Waals surface area contributed by atoms with E-state index >= 15 is 0 Å². The first-order valence-corrected chi connectivity index (χ1v) is 7.29. The van der Waals surface area contributed by atoms with Crippen LogP contribution in [-0.2, 0) is 4.74 Å². The molecule has 1 aromatic rings. The van der Waals surface area contributed by atoms with Crippen LogP contribution < -0.4 is 11.1 Å². The van der Waals surface area contributed by atoms with Gasteiger partial charge in [-0.05, 0) is 49.0 Å². The molecule has 3 aliphatic carbocycles. The molecule has 2 bridgehead atoms. The van der Waals surface area contributed by atoms with Gasteiger partial charge in [-0.2, -0.15) is 0 Å². The largest absolute Gasteiger partial charge is 0.465 e. The summed E-state index contributed by atoms with van der Waals surface area (Å²) in [6.07, 6.45) is 5.75. The molecule has 3 aliphatic rings. The fraction of sp³-hybridized carbons (Fsp3) is 0.600. The number of pyridine rings is 1. The molecule has 3 fully saturated rings. The summed E-state index contributed by atoms with van der Waals surface area (Å²) in [4.78, 5) is 16.1. The Morgan fingerprint density at radius 1 is 1.40 bits per heavy atom. The lowest BCUT2D eigenvalue weighted by atomic mass is 10.0. The monoisotopic (exact) mass is 273 g/mol. The van der Waals surface area contributed by atoms with Gasteiger partial charge in [0.2, 0.25) is 0 Å². The van der Waals surface area contributed by atoms with E-state index in [1.807, 2.05) is 0 Å². The van der Waals surface area contributed by atoms with Crippen LogP contribution >= 0.6 is 0 Å². The van der Waals surface area contributed by atoms with E-state index in [0.29, 0.717) is 23.1 Å². The van der Waals surface area contributed by atoms with E-state index in [0.717, 1.165) is 23.7 Å². The molecule has 4 atom stereocenters. The highest BCUT2D eigenvalue weighted by atomic mass is 16.5. The van der Waals surface area contributed by atoms with Crippen molar-refractivity contribution in [3.05, 3.63) is 17.8 Å². The Balaban J connectivity index is 1.56. The minimum atomic E-state index is -0.388. The molecule has 5 nitrogen and oxygen atoms in total. The Morgan fingerprint density at radius 3 is 2.75 bits per heavy atom. The number of anilines is 2. The number of nitrogens with one attached hydrogen (secondary N) is 1. The fourth-order valence-corrected chi connectivity index (χ4v) is 4.54. The van der Waals surface area contributed by atoms with Crippen molar-refractivity contribution in [2.45, 2.75) is 25.3 Å². The molecule has 0 aromatic carbocycles. The van der Waals surface area contributed by atoms with Crippen LogP contribution in [0.4, 0.5) is 11.5 Å². The van der Waals surface area contributed by atoms with Crippen molar-refractivity contribution in [3.63, 3.8) is 0 Å². The Kier molecular flexibility index (Phi) is 2.46. The average molecular weight is 273 g/mol. The predicted octanol–water partition coefficient (Wildman–Crippen LogP) is 1.91. The first kappa shape index (κ1) is 12.0. The van der Waals surface area contributed by atoms with E-state index in [2.05, 4.69) is 10.3 Å². The van der Waals surface area contributed by atoms with Gasteiger partial charge in [0.05, 0.1) is 19.0 Å². The molecule has 0 aliphatic heterocycles. The second kappa shape index (κ2) is 4.11. The molecule has 0 saturated heterocycles. The van der Waals surface area contributed by atoms with Crippen molar-refractivity contribution in [3.8, 4) is 0 Å². The number of fused-ring (bicyclic) bond motifs is 5. The van der Waals surface area contributed by atoms with Crippen molar-refractivity contribution in [2.75, 3.05) is 18.2 Å². The van der Waals surface area contributed by atoms with Crippen LogP contribution in [0.5, 0.6) is 0 Å². The maximum Gasteiger partial charge on any atom is 0.341 e. The lowest BCUT2D eigenvalue weighted by Gasteiger charge is -2.13. The Labute approximate surface area is 117 Å².